The van der Waals surface area contributed by atoms with Crippen LogP contribution >= 0.6 is 0 Å². The number of hydrogen-bond acceptors (Lipinski definition) is 3. The molecule has 0 aliphatic rings. The Morgan fingerprint density at radius 3 is 2.47 bits per heavy atom. The molecule has 0 amide bonds. The Morgan fingerprint density at radius 1 is 1.40 bits per heavy atom. The molecule has 6 heteroatoms. The Balaban J connectivity index is 3.25. The number of carbonyl (C=O) groups is 1. The van der Waals surface area contributed by atoms with Gasteiger partial charge in [0.15, 0.2) is 11.6 Å². The number of halogens is 2. The molecule has 0 bridgehead atoms. The fourth-order valence-corrected chi connectivity index (χ4v) is 1.18. The number of aromatic hydroxyl groups is 1. The van der Waals surface area contributed by atoms with E-state index in [0.29, 0.717) is 0 Å². The van der Waals surface area contributed by atoms with Crippen LogP contribution in [0, 0.1) is 11.6 Å². The van der Waals surface area contributed by atoms with Gasteiger partial charge < -0.3 is 15.9 Å². The van der Waals surface area contributed by atoms with Crippen molar-refractivity contribution in [2.75, 3.05) is 6.54 Å². The molecule has 0 saturated heterocycles. The van der Waals surface area contributed by atoms with Crippen LogP contribution < -0.4 is 5.73 Å². The molecule has 0 aliphatic carbocycles. The summed E-state index contributed by atoms with van der Waals surface area (Å²) in [5.41, 5.74) is 4.76. The second-order valence-electron chi connectivity index (χ2n) is 2.93. The molecule has 1 atom stereocenters. The predicted octanol–water partition coefficient (Wildman–Crippen LogP) is 0.797. The summed E-state index contributed by atoms with van der Waals surface area (Å²) >= 11 is 0. The van der Waals surface area contributed by atoms with Gasteiger partial charge in [-0.3, -0.25) is 4.79 Å². The maximum Gasteiger partial charge on any atom is 0.312 e. The molecular weight excluding hydrogens is 208 g/mol. The van der Waals surface area contributed by atoms with Crippen LogP contribution in [0.3, 0.4) is 0 Å². The number of aliphatic carboxylic acids is 1. The van der Waals surface area contributed by atoms with Crippen molar-refractivity contribution in [3.63, 3.8) is 0 Å². The molecule has 0 heterocycles. The summed E-state index contributed by atoms with van der Waals surface area (Å²) < 4.78 is 26.1. The van der Waals surface area contributed by atoms with Gasteiger partial charge >= 0.3 is 5.97 Å². The van der Waals surface area contributed by atoms with Crippen LogP contribution in [0.2, 0.25) is 0 Å². The molecule has 15 heavy (non-hydrogen) atoms. The van der Waals surface area contributed by atoms with Crippen molar-refractivity contribution in [3.05, 3.63) is 29.3 Å². The molecule has 0 fully saturated rings. The van der Waals surface area contributed by atoms with Gasteiger partial charge in [0.1, 0.15) is 0 Å². The molecule has 0 spiro atoms. The quantitative estimate of drug-likeness (QED) is 0.699. The Hall–Kier alpha value is -1.69. The normalized spacial score (nSPS) is 12.5. The van der Waals surface area contributed by atoms with Crippen LogP contribution in [0.25, 0.3) is 0 Å². The van der Waals surface area contributed by atoms with E-state index in [1.807, 2.05) is 0 Å². The van der Waals surface area contributed by atoms with Crippen molar-refractivity contribution in [1.82, 2.24) is 0 Å². The molecule has 4 nitrogen and oxygen atoms in total. The molecule has 0 aliphatic heterocycles. The van der Waals surface area contributed by atoms with Crippen LogP contribution in [-0.2, 0) is 4.79 Å². The zero-order chi connectivity index (χ0) is 11.6. The summed E-state index contributed by atoms with van der Waals surface area (Å²) in [6.07, 6.45) is 0. The van der Waals surface area contributed by atoms with E-state index < -0.39 is 29.3 Å². The third-order valence-electron chi connectivity index (χ3n) is 2.00. The molecule has 1 aromatic rings. The van der Waals surface area contributed by atoms with Crippen LogP contribution in [0.4, 0.5) is 8.78 Å². The first-order chi connectivity index (χ1) is 6.99. The Kier molecular flexibility index (Phi) is 3.21. The molecule has 1 unspecified atom stereocenters. The summed E-state index contributed by atoms with van der Waals surface area (Å²) in [5.74, 6) is -6.38. The van der Waals surface area contributed by atoms with Gasteiger partial charge in [-0.15, -0.1) is 0 Å². The van der Waals surface area contributed by atoms with Gasteiger partial charge in [-0.05, 0) is 6.07 Å². The van der Waals surface area contributed by atoms with E-state index >= 15 is 0 Å². The minimum absolute atomic E-state index is 0.351. The van der Waals surface area contributed by atoms with Gasteiger partial charge in [0.05, 0.1) is 5.92 Å². The second kappa shape index (κ2) is 4.22. The predicted molar refractivity (Wildman–Crippen MR) is 47.5 cm³/mol. The lowest BCUT2D eigenvalue weighted by molar-refractivity contribution is -0.138. The van der Waals surface area contributed by atoms with Gasteiger partial charge in [-0.2, -0.15) is 4.39 Å². The minimum Gasteiger partial charge on any atom is -0.505 e. The van der Waals surface area contributed by atoms with Gasteiger partial charge in [-0.1, -0.05) is 6.07 Å². The van der Waals surface area contributed by atoms with Crippen LogP contribution in [0.5, 0.6) is 5.75 Å². The third kappa shape index (κ3) is 2.04. The zero-order valence-electron chi connectivity index (χ0n) is 7.58. The van der Waals surface area contributed by atoms with Crippen LogP contribution in [-0.4, -0.2) is 22.7 Å². The summed E-state index contributed by atoms with van der Waals surface area (Å²) in [5, 5.41) is 17.5. The first-order valence-corrected chi connectivity index (χ1v) is 4.08. The van der Waals surface area contributed by atoms with E-state index in [9.17, 15) is 13.6 Å². The van der Waals surface area contributed by atoms with Crippen molar-refractivity contribution in [1.29, 1.82) is 0 Å². The average molecular weight is 217 g/mol. The highest BCUT2D eigenvalue weighted by Gasteiger charge is 2.24. The van der Waals surface area contributed by atoms with E-state index in [1.165, 1.54) is 0 Å². The maximum atomic E-state index is 13.2. The highest BCUT2D eigenvalue weighted by Crippen LogP contribution is 2.26. The molecule has 82 valence electrons. The fourth-order valence-electron chi connectivity index (χ4n) is 1.18. The highest BCUT2D eigenvalue weighted by molar-refractivity contribution is 5.76. The molecule has 0 radical (unpaired) electrons. The molecule has 4 N–H and O–H groups in total. The lowest BCUT2D eigenvalue weighted by Gasteiger charge is -2.11. The van der Waals surface area contributed by atoms with Crippen molar-refractivity contribution < 1.29 is 23.8 Å². The number of rotatable bonds is 3. The van der Waals surface area contributed by atoms with Gasteiger partial charge in [-0.25, -0.2) is 4.39 Å². The van der Waals surface area contributed by atoms with Gasteiger partial charge in [0, 0.05) is 12.1 Å². The summed E-state index contributed by atoms with van der Waals surface area (Å²) in [6, 6.07) is 1.89. The van der Waals surface area contributed by atoms with E-state index in [2.05, 4.69) is 0 Å². The standard InChI is InChI=1S/C9H9F2NO3/c10-7-4(5(3-12)9(14)15)1-2-6(13)8(7)11/h1-2,5,13H,3,12H2,(H,14,15). The number of carboxylic acids is 1. The lowest BCUT2D eigenvalue weighted by atomic mass is 9.98. The molecule has 1 rings (SSSR count). The summed E-state index contributed by atoms with van der Waals surface area (Å²) in [7, 11) is 0. The van der Waals surface area contributed by atoms with Crippen molar-refractivity contribution >= 4 is 5.97 Å². The number of benzene rings is 1. The van der Waals surface area contributed by atoms with Crippen LogP contribution in [0.1, 0.15) is 11.5 Å². The zero-order valence-corrected chi connectivity index (χ0v) is 7.58. The van der Waals surface area contributed by atoms with E-state index in [1.54, 1.807) is 0 Å². The summed E-state index contributed by atoms with van der Waals surface area (Å²) in [6.45, 7) is -0.351. The topological polar surface area (TPSA) is 83.6 Å². The SMILES string of the molecule is NCC(C(=O)O)c1ccc(O)c(F)c1F. The molecule has 0 saturated carbocycles. The second-order valence-corrected chi connectivity index (χ2v) is 2.93. The van der Waals surface area contributed by atoms with Gasteiger partial charge in [0.25, 0.3) is 0 Å². The number of nitrogens with two attached hydrogens (primary N) is 1. The van der Waals surface area contributed by atoms with Crippen LogP contribution in [0.15, 0.2) is 12.1 Å². The number of hydrogen-bond donors (Lipinski definition) is 3. The van der Waals surface area contributed by atoms with Gasteiger partial charge in [0.2, 0.25) is 5.82 Å². The Labute approximate surface area is 83.9 Å². The molecule has 0 aromatic heterocycles. The van der Waals surface area contributed by atoms with E-state index in [0.717, 1.165) is 12.1 Å². The fraction of sp³-hybridized carbons (Fsp3) is 0.222. The van der Waals surface area contributed by atoms with E-state index in [4.69, 9.17) is 15.9 Å². The smallest absolute Gasteiger partial charge is 0.312 e. The molecule has 1 aromatic carbocycles. The minimum atomic E-state index is -1.47. The Bertz CT molecular complexity index is 395. The average Bonchev–Trinajstić information content (AvgIpc) is 2.18. The Morgan fingerprint density at radius 2 is 2.00 bits per heavy atom. The largest absolute Gasteiger partial charge is 0.505 e. The maximum absolute atomic E-state index is 13.2. The number of phenolic OH excluding ortho intramolecular Hbond substituents is 1. The molecular formula is C9H9F2NO3. The summed E-state index contributed by atoms with van der Waals surface area (Å²) in [4.78, 5) is 10.6. The lowest BCUT2D eigenvalue weighted by Crippen LogP contribution is -2.22. The number of carboxylic acid groups (broad SMARTS) is 1. The van der Waals surface area contributed by atoms with Crippen molar-refractivity contribution in [2.24, 2.45) is 5.73 Å². The third-order valence-corrected chi connectivity index (χ3v) is 2.00. The number of phenols is 1. The first-order valence-electron chi connectivity index (χ1n) is 4.08. The highest BCUT2D eigenvalue weighted by atomic mass is 19.2. The van der Waals surface area contributed by atoms with Crippen molar-refractivity contribution in [3.8, 4) is 5.75 Å². The monoisotopic (exact) mass is 217 g/mol. The van der Waals surface area contributed by atoms with E-state index in [-0.39, 0.29) is 12.1 Å². The first kappa shape index (κ1) is 11.4. The van der Waals surface area contributed by atoms with Crippen molar-refractivity contribution in [2.45, 2.75) is 5.92 Å².